The van der Waals surface area contributed by atoms with Crippen LogP contribution in [0.15, 0.2) is 16.6 Å². The number of fused-ring (bicyclic) bond motifs is 1. The highest BCUT2D eigenvalue weighted by molar-refractivity contribution is 9.10. The van der Waals surface area contributed by atoms with Gasteiger partial charge in [0, 0.05) is 10.9 Å². The molecule has 1 aliphatic heterocycles. The highest BCUT2D eigenvalue weighted by Crippen LogP contribution is 2.41. The van der Waals surface area contributed by atoms with Crippen molar-refractivity contribution in [2.24, 2.45) is 5.41 Å². The molecule has 1 heterocycles. The summed E-state index contributed by atoms with van der Waals surface area (Å²) in [6, 6.07) is 6.98. The van der Waals surface area contributed by atoms with Crippen LogP contribution in [0.1, 0.15) is 56.1 Å². The zero-order valence-corrected chi connectivity index (χ0v) is 14.0. The summed E-state index contributed by atoms with van der Waals surface area (Å²) in [6.07, 6.45) is 10.1. The van der Waals surface area contributed by atoms with E-state index in [0.29, 0.717) is 0 Å². The molecule has 2 aliphatic rings. The van der Waals surface area contributed by atoms with Crippen molar-refractivity contribution in [2.45, 2.75) is 57.8 Å². The van der Waals surface area contributed by atoms with Gasteiger partial charge in [0.25, 0.3) is 0 Å². The third-order valence-corrected chi connectivity index (χ3v) is 5.36. The van der Waals surface area contributed by atoms with E-state index in [0.717, 1.165) is 42.5 Å². The van der Waals surface area contributed by atoms with Crippen LogP contribution in [0.5, 0.6) is 5.75 Å². The first kappa shape index (κ1) is 14.9. The SMILES string of the molecule is N#CC1(Cc2cc(Br)cc3c2OCC3)CCCCCCC1. The summed E-state index contributed by atoms with van der Waals surface area (Å²) in [5.41, 5.74) is 2.32. The van der Waals surface area contributed by atoms with Gasteiger partial charge >= 0.3 is 0 Å². The Labute approximate surface area is 135 Å². The monoisotopic (exact) mass is 347 g/mol. The summed E-state index contributed by atoms with van der Waals surface area (Å²) < 4.78 is 6.95. The van der Waals surface area contributed by atoms with Crippen molar-refractivity contribution < 1.29 is 4.74 Å². The van der Waals surface area contributed by atoms with E-state index in [1.54, 1.807) is 0 Å². The molecule has 0 bridgehead atoms. The molecule has 1 aliphatic carbocycles. The maximum Gasteiger partial charge on any atom is 0.125 e. The Kier molecular flexibility index (Phi) is 4.54. The first-order chi connectivity index (χ1) is 10.2. The van der Waals surface area contributed by atoms with E-state index < -0.39 is 0 Å². The van der Waals surface area contributed by atoms with Crippen LogP contribution in [-0.4, -0.2) is 6.61 Å². The molecule has 0 atom stereocenters. The van der Waals surface area contributed by atoms with Crippen LogP contribution in [-0.2, 0) is 12.8 Å². The first-order valence-electron chi connectivity index (χ1n) is 8.08. The molecule has 1 saturated carbocycles. The summed E-state index contributed by atoms with van der Waals surface area (Å²) in [5.74, 6) is 1.05. The van der Waals surface area contributed by atoms with E-state index in [1.165, 1.54) is 43.2 Å². The van der Waals surface area contributed by atoms with Gasteiger partial charge in [-0.15, -0.1) is 0 Å². The predicted octanol–water partition coefficient (Wildman–Crippen LogP) is 5.18. The van der Waals surface area contributed by atoms with Crippen LogP contribution in [0.25, 0.3) is 0 Å². The minimum Gasteiger partial charge on any atom is -0.493 e. The number of nitrogens with zero attached hydrogens (tertiary/aromatic N) is 1. The van der Waals surface area contributed by atoms with Crippen LogP contribution in [0.2, 0.25) is 0 Å². The van der Waals surface area contributed by atoms with Gasteiger partial charge in [0.2, 0.25) is 0 Å². The highest BCUT2D eigenvalue weighted by Gasteiger charge is 2.32. The maximum absolute atomic E-state index is 9.83. The van der Waals surface area contributed by atoms with Crippen molar-refractivity contribution in [3.05, 3.63) is 27.7 Å². The minimum atomic E-state index is -0.194. The number of hydrogen-bond acceptors (Lipinski definition) is 2. The number of halogens is 1. The van der Waals surface area contributed by atoms with Crippen LogP contribution < -0.4 is 4.74 Å². The van der Waals surface area contributed by atoms with Crippen molar-refractivity contribution in [3.8, 4) is 11.8 Å². The van der Waals surface area contributed by atoms with Gasteiger partial charge in [-0.1, -0.05) is 48.0 Å². The highest BCUT2D eigenvalue weighted by atomic mass is 79.9. The van der Waals surface area contributed by atoms with Gasteiger partial charge in [0.1, 0.15) is 5.75 Å². The Bertz CT molecular complexity index is 553. The molecule has 1 aromatic rings. The standard InChI is InChI=1S/C18H22BrNO/c19-16-10-14-6-9-21-17(14)15(11-16)12-18(13-20)7-4-2-1-3-5-8-18/h10-11H,1-9,12H2. The van der Waals surface area contributed by atoms with Gasteiger partial charge < -0.3 is 4.74 Å². The fraction of sp³-hybridized carbons (Fsp3) is 0.611. The van der Waals surface area contributed by atoms with E-state index in [1.807, 2.05) is 0 Å². The molecule has 0 unspecified atom stereocenters. The number of nitriles is 1. The Morgan fingerprint density at radius 3 is 2.57 bits per heavy atom. The predicted molar refractivity (Wildman–Crippen MR) is 87.4 cm³/mol. The van der Waals surface area contributed by atoms with Gasteiger partial charge in [0.15, 0.2) is 0 Å². The Morgan fingerprint density at radius 2 is 1.86 bits per heavy atom. The Morgan fingerprint density at radius 1 is 1.14 bits per heavy atom. The van der Waals surface area contributed by atoms with Crippen LogP contribution in [0, 0.1) is 16.7 Å². The lowest BCUT2D eigenvalue weighted by atomic mass is 9.73. The fourth-order valence-corrected chi connectivity index (χ4v) is 4.30. The molecular formula is C18H22BrNO. The van der Waals surface area contributed by atoms with E-state index in [4.69, 9.17) is 4.74 Å². The van der Waals surface area contributed by atoms with Gasteiger partial charge in [-0.3, -0.25) is 0 Å². The van der Waals surface area contributed by atoms with Gasteiger partial charge in [-0.2, -0.15) is 5.26 Å². The molecule has 0 amide bonds. The lowest BCUT2D eigenvalue weighted by molar-refractivity contribution is 0.281. The molecule has 21 heavy (non-hydrogen) atoms. The third-order valence-electron chi connectivity index (χ3n) is 4.90. The number of ether oxygens (including phenoxy) is 1. The second-order valence-electron chi connectivity index (χ2n) is 6.49. The molecule has 0 radical (unpaired) electrons. The average molecular weight is 348 g/mol. The van der Waals surface area contributed by atoms with Crippen molar-refractivity contribution in [1.29, 1.82) is 5.26 Å². The summed E-state index contributed by atoms with van der Waals surface area (Å²) in [6.45, 7) is 0.776. The third kappa shape index (κ3) is 3.26. The molecule has 0 saturated heterocycles. The van der Waals surface area contributed by atoms with Gasteiger partial charge in [-0.05, 0) is 42.5 Å². The van der Waals surface area contributed by atoms with Crippen LogP contribution in [0.3, 0.4) is 0 Å². The van der Waals surface area contributed by atoms with Gasteiger partial charge in [0.05, 0.1) is 18.1 Å². The smallest absolute Gasteiger partial charge is 0.125 e. The minimum absolute atomic E-state index is 0.194. The summed E-state index contributed by atoms with van der Waals surface area (Å²) >= 11 is 3.61. The lowest BCUT2D eigenvalue weighted by Crippen LogP contribution is -2.23. The first-order valence-corrected chi connectivity index (χ1v) is 8.87. The number of rotatable bonds is 2. The molecule has 3 rings (SSSR count). The molecule has 1 fully saturated rings. The lowest BCUT2D eigenvalue weighted by Gasteiger charge is -2.29. The quantitative estimate of drug-likeness (QED) is 0.738. The van der Waals surface area contributed by atoms with E-state index in [9.17, 15) is 5.26 Å². The molecular weight excluding hydrogens is 326 g/mol. The fourth-order valence-electron chi connectivity index (χ4n) is 3.75. The largest absolute Gasteiger partial charge is 0.493 e. The summed E-state index contributed by atoms with van der Waals surface area (Å²) in [7, 11) is 0. The summed E-state index contributed by atoms with van der Waals surface area (Å²) in [4.78, 5) is 0. The second-order valence-corrected chi connectivity index (χ2v) is 7.40. The van der Waals surface area contributed by atoms with Crippen LogP contribution >= 0.6 is 15.9 Å². The van der Waals surface area contributed by atoms with Crippen molar-refractivity contribution in [3.63, 3.8) is 0 Å². The number of hydrogen-bond donors (Lipinski definition) is 0. The molecule has 0 aromatic heterocycles. The van der Waals surface area contributed by atoms with Crippen molar-refractivity contribution in [1.82, 2.24) is 0 Å². The van der Waals surface area contributed by atoms with E-state index >= 15 is 0 Å². The molecule has 2 nitrogen and oxygen atoms in total. The maximum atomic E-state index is 9.83. The van der Waals surface area contributed by atoms with Crippen molar-refractivity contribution >= 4 is 15.9 Å². The van der Waals surface area contributed by atoms with Crippen molar-refractivity contribution in [2.75, 3.05) is 6.61 Å². The number of benzene rings is 1. The molecule has 0 N–H and O–H groups in total. The molecule has 1 aromatic carbocycles. The van der Waals surface area contributed by atoms with Crippen LogP contribution in [0.4, 0.5) is 0 Å². The second kappa shape index (κ2) is 6.40. The normalized spacial score (nSPS) is 20.8. The van der Waals surface area contributed by atoms with E-state index in [-0.39, 0.29) is 5.41 Å². The average Bonchev–Trinajstić information content (AvgIpc) is 2.90. The molecule has 0 spiro atoms. The Balaban J connectivity index is 1.88. The topological polar surface area (TPSA) is 33.0 Å². The summed E-state index contributed by atoms with van der Waals surface area (Å²) in [5, 5.41) is 9.83. The van der Waals surface area contributed by atoms with E-state index in [2.05, 4.69) is 34.1 Å². The molecule has 3 heteroatoms. The molecule has 112 valence electrons. The Hall–Kier alpha value is -1.01. The van der Waals surface area contributed by atoms with Gasteiger partial charge in [-0.25, -0.2) is 0 Å². The zero-order chi connectivity index (χ0) is 14.7. The zero-order valence-electron chi connectivity index (χ0n) is 12.5.